The number of amides is 1. The summed E-state index contributed by atoms with van der Waals surface area (Å²) in [4.78, 5) is 12.5. The van der Waals surface area contributed by atoms with Crippen molar-refractivity contribution >= 4 is 16.7 Å². The van der Waals surface area contributed by atoms with E-state index in [1.54, 1.807) is 7.11 Å². The van der Waals surface area contributed by atoms with Crippen LogP contribution in [0.2, 0.25) is 0 Å². The third kappa shape index (κ3) is 5.26. The molecule has 4 nitrogen and oxygen atoms in total. The SMILES string of the molecule is CC[C@H](Oc1ccc2ccccc2c1)C(=O)NCCCc1ccc(OC)cc1. The molecule has 0 saturated heterocycles. The van der Waals surface area contributed by atoms with Crippen LogP contribution in [-0.2, 0) is 11.2 Å². The minimum Gasteiger partial charge on any atom is -0.497 e. The number of rotatable bonds is 9. The lowest BCUT2D eigenvalue weighted by molar-refractivity contribution is -0.128. The van der Waals surface area contributed by atoms with Gasteiger partial charge in [-0.3, -0.25) is 4.79 Å². The van der Waals surface area contributed by atoms with Gasteiger partial charge in [0.1, 0.15) is 11.5 Å². The smallest absolute Gasteiger partial charge is 0.261 e. The predicted octanol–water partition coefficient (Wildman–Crippen LogP) is 4.75. The Hall–Kier alpha value is -3.01. The van der Waals surface area contributed by atoms with Crippen molar-refractivity contribution in [2.24, 2.45) is 0 Å². The third-order valence-corrected chi connectivity index (χ3v) is 4.76. The number of aryl methyl sites for hydroxylation is 1. The summed E-state index contributed by atoms with van der Waals surface area (Å²) in [6.45, 7) is 2.59. The summed E-state index contributed by atoms with van der Waals surface area (Å²) < 4.78 is 11.1. The Balaban J connectivity index is 1.48. The van der Waals surface area contributed by atoms with Crippen LogP contribution in [0.25, 0.3) is 10.8 Å². The summed E-state index contributed by atoms with van der Waals surface area (Å²) in [5.41, 5.74) is 1.23. The molecule has 0 fully saturated rings. The minimum atomic E-state index is -0.484. The van der Waals surface area contributed by atoms with Crippen LogP contribution >= 0.6 is 0 Å². The van der Waals surface area contributed by atoms with Crippen molar-refractivity contribution in [2.75, 3.05) is 13.7 Å². The summed E-state index contributed by atoms with van der Waals surface area (Å²) in [6.07, 6.45) is 1.93. The van der Waals surface area contributed by atoms with Gasteiger partial charge in [-0.05, 0) is 59.9 Å². The highest BCUT2D eigenvalue weighted by molar-refractivity contribution is 5.84. The number of carbonyl (C=O) groups excluding carboxylic acids is 1. The van der Waals surface area contributed by atoms with Crippen LogP contribution in [0, 0.1) is 0 Å². The number of hydrogen-bond donors (Lipinski definition) is 1. The number of ether oxygens (including phenoxy) is 2. The van der Waals surface area contributed by atoms with E-state index in [0.29, 0.717) is 13.0 Å². The maximum absolute atomic E-state index is 12.5. The van der Waals surface area contributed by atoms with Gasteiger partial charge in [0.25, 0.3) is 5.91 Å². The quantitative estimate of drug-likeness (QED) is 0.547. The molecule has 3 aromatic carbocycles. The van der Waals surface area contributed by atoms with Crippen LogP contribution in [-0.4, -0.2) is 25.7 Å². The lowest BCUT2D eigenvalue weighted by atomic mass is 10.1. The van der Waals surface area contributed by atoms with Crippen LogP contribution in [0.3, 0.4) is 0 Å². The average Bonchev–Trinajstić information content (AvgIpc) is 2.75. The maximum Gasteiger partial charge on any atom is 0.261 e. The molecule has 3 rings (SSSR count). The van der Waals surface area contributed by atoms with Gasteiger partial charge in [0.2, 0.25) is 0 Å². The van der Waals surface area contributed by atoms with Crippen LogP contribution in [0.15, 0.2) is 66.7 Å². The average molecular weight is 377 g/mol. The molecule has 1 atom stereocenters. The number of nitrogens with one attached hydrogen (secondary N) is 1. The van der Waals surface area contributed by atoms with E-state index in [0.717, 1.165) is 35.1 Å². The third-order valence-electron chi connectivity index (χ3n) is 4.76. The molecule has 0 heterocycles. The van der Waals surface area contributed by atoms with Crippen LogP contribution in [0.5, 0.6) is 11.5 Å². The van der Waals surface area contributed by atoms with Crippen molar-refractivity contribution < 1.29 is 14.3 Å². The molecule has 0 aromatic heterocycles. The van der Waals surface area contributed by atoms with E-state index in [1.165, 1.54) is 5.56 Å². The highest BCUT2D eigenvalue weighted by Gasteiger charge is 2.17. The minimum absolute atomic E-state index is 0.0645. The van der Waals surface area contributed by atoms with E-state index in [4.69, 9.17) is 9.47 Å². The first-order chi connectivity index (χ1) is 13.7. The fourth-order valence-electron chi connectivity index (χ4n) is 3.14. The molecule has 0 spiro atoms. The summed E-state index contributed by atoms with van der Waals surface area (Å²) in [5.74, 6) is 1.51. The second-order valence-corrected chi connectivity index (χ2v) is 6.77. The van der Waals surface area contributed by atoms with Gasteiger partial charge < -0.3 is 14.8 Å². The van der Waals surface area contributed by atoms with Crippen molar-refractivity contribution in [3.8, 4) is 11.5 Å². The van der Waals surface area contributed by atoms with Crippen molar-refractivity contribution in [3.63, 3.8) is 0 Å². The zero-order valence-electron chi connectivity index (χ0n) is 16.5. The number of benzene rings is 3. The number of hydrogen-bond acceptors (Lipinski definition) is 3. The van der Waals surface area contributed by atoms with Gasteiger partial charge in [-0.15, -0.1) is 0 Å². The van der Waals surface area contributed by atoms with Crippen molar-refractivity contribution in [3.05, 3.63) is 72.3 Å². The summed E-state index contributed by atoms with van der Waals surface area (Å²) in [7, 11) is 1.66. The molecule has 3 aromatic rings. The van der Waals surface area contributed by atoms with E-state index >= 15 is 0 Å². The van der Waals surface area contributed by atoms with Crippen molar-refractivity contribution in [1.29, 1.82) is 0 Å². The normalized spacial score (nSPS) is 11.8. The van der Waals surface area contributed by atoms with Crippen LogP contribution in [0.1, 0.15) is 25.3 Å². The molecule has 0 radical (unpaired) electrons. The predicted molar refractivity (Wildman–Crippen MR) is 113 cm³/mol. The molecule has 0 bridgehead atoms. The Morgan fingerprint density at radius 1 is 0.964 bits per heavy atom. The summed E-state index contributed by atoms with van der Waals surface area (Å²) in [5, 5.41) is 5.26. The first-order valence-electron chi connectivity index (χ1n) is 9.75. The monoisotopic (exact) mass is 377 g/mol. The standard InChI is InChI=1S/C24H27NO3/c1-3-23(28-22-15-12-19-8-4-5-9-20(19)17-22)24(26)25-16-6-7-18-10-13-21(27-2)14-11-18/h4-5,8-15,17,23H,3,6-7,16H2,1-2H3,(H,25,26)/t23-/m0/s1. The summed E-state index contributed by atoms with van der Waals surface area (Å²) >= 11 is 0. The molecule has 1 N–H and O–H groups in total. The summed E-state index contributed by atoms with van der Waals surface area (Å²) in [6, 6.07) is 22.1. The lowest BCUT2D eigenvalue weighted by Gasteiger charge is -2.17. The van der Waals surface area contributed by atoms with Crippen LogP contribution in [0.4, 0.5) is 0 Å². The van der Waals surface area contributed by atoms with Gasteiger partial charge in [-0.2, -0.15) is 0 Å². The Morgan fingerprint density at radius 3 is 2.39 bits per heavy atom. The molecule has 0 unspecified atom stereocenters. The molecule has 0 saturated carbocycles. The van der Waals surface area contributed by atoms with Gasteiger partial charge in [-0.25, -0.2) is 0 Å². The van der Waals surface area contributed by atoms with Crippen LogP contribution < -0.4 is 14.8 Å². The highest BCUT2D eigenvalue weighted by atomic mass is 16.5. The molecular weight excluding hydrogens is 350 g/mol. The molecule has 0 aliphatic rings. The van der Waals surface area contributed by atoms with E-state index in [9.17, 15) is 4.79 Å². The van der Waals surface area contributed by atoms with Gasteiger partial charge >= 0.3 is 0 Å². The number of methoxy groups -OCH3 is 1. The molecule has 28 heavy (non-hydrogen) atoms. The van der Waals surface area contributed by atoms with Gasteiger partial charge in [-0.1, -0.05) is 49.4 Å². The first kappa shape index (κ1) is 19.7. The van der Waals surface area contributed by atoms with Gasteiger partial charge in [0, 0.05) is 6.54 Å². The zero-order valence-corrected chi connectivity index (χ0v) is 16.5. The largest absolute Gasteiger partial charge is 0.497 e. The molecular formula is C24H27NO3. The number of fused-ring (bicyclic) bond motifs is 1. The van der Waals surface area contributed by atoms with Crippen molar-refractivity contribution in [1.82, 2.24) is 5.32 Å². The highest BCUT2D eigenvalue weighted by Crippen LogP contribution is 2.22. The Morgan fingerprint density at radius 2 is 1.68 bits per heavy atom. The Labute approximate surface area is 166 Å². The van der Waals surface area contributed by atoms with Crippen molar-refractivity contribution in [2.45, 2.75) is 32.3 Å². The first-order valence-corrected chi connectivity index (χ1v) is 9.75. The van der Waals surface area contributed by atoms with E-state index < -0.39 is 6.10 Å². The fourth-order valence-corrected chi connectivity index (χ4v) is 3.14. The van der Waals surface area contributed by atoms with E-state index in [-0.39, 0.29) is 5.91 Å². The molecule has 0 aliphatic heterocycles. The molecule has 4 heteroatoms. The molecule has 1 amide bonds. The lowest BCUT2D eigenvalue weighted by Crippen LogP contribution is -2.38. The van der Waals surface area contributed by atoms with E-state index in [2.05, 4.69) is 23.5 Å². The maximum atomic E-state index is 12.5. The zero-order chi connectivity index (χ0) is 19.8. The topological polar surface area (TPSA) is 47.6 Å². The fraction of sp³-hybridized carbons (Fsp3) is 0.292. The second kappa shape index (κ2) is 9.79. The Bertz CT molecular complexity index is 905. The molecule has 146 valence electrons. The molecule has 0 aliphatic carbocycles. The van der Waals surface area contributed by atoms with Gasteiger partial charge in [0.15, 0.2) is 6.10 Å². The van der Waals surface area contributed by atoms with E-state index in [1.807, 2.05) is 55.5 Å². The van der Waals surface area contributed by atoms with Gasteiger partial charge in [0.05, 0.1) is 7.11 Å². The Kier molecular flexibility index (Phi) is 6.90. The number of carbonyl (C=O) groups is 1. The second-order valence-electron chi connectivity index (χ2n) is 6.77.